The molecule has 0 radical (unpaired) electrons. The molecule has 2 aliphatic heterocycles. The predicted molar refractivity (Wildman–Crippen MR) is 134 cm³/mol. The quantitative estimate of drug-likeness (QED) is 0.163. The summed E-state index contributed by atoms with van der Waals surface area (Å²) in [5.74, 6) is -3.14. The van der Waals surface area contributed by atoms with Gasteiger partial charge in [-0.25, -0.2) is 0 Å². The van der Waals surface area contributed by atoms with Crippen molar-refractivity contribution in [3.8, 4) is 40.1 Å². The van der Waals surface area contributed by atoms with Crippen LogP contribution in [0.4, 0.5) is 0 Å². The Morgan fingerprint density at radius 2 is 1.56 bits per heavy atom. The molecular formula is C26H28O15. The maximum Gasteiger partial charge on any atom is 0.239 e. The van der Waals surface area contributed by atoms with Crippen LogP contribution < -0.4 is 10.2 Å². The first-order chi connectivity index (χ1) is 19.4. The molecule has 2 saturated heterocycles. The number of rotatable bonds is 5. The summed E-state index contributed by atoms with van der Waals surface area (Å²) in [6, 6.07) is 5.36. The van der Waals surface area contributed by atoms with Gasteiger partial charge >= 0.3 is 0 Å². The summed E-state index contributed by atoms with van der Waals surface area (Å²) < 4.78 is 28.2. The molecule has 2 fully saturated rings. The number of fused-ring (bicyclic) bond motifs is 1. The van der Waals surface area contributed by atoms with Gasteiger partial charge in [0.25, 0.3) is 0 Å². The highest BCUT2D eigenvalue weighted by Gasteiger charge is 2.49. The van der Waals surface area contributed by atoms with E-state index in [2.05, 4.69) is 0 Å². The number of hydrogen-bond donors (Lipinski definition) is 9. The highest BCUT2D eigenvalue weighted by molar-refractivity contribution is 5.88. The highest BCUT2D eigenvalue weighted by atomic mass is 16.8. The Morgan fingerprint density at radius 1 is 0.829 bits per heavy atom. The molecule has 0 spiro atoms. The van der Waals surface area contributed by atoms with Gasteiger partial charge in [0.05, 0.1) is 12.7 Å². The lowest BCUT2D eigenvalue weighted by Gasteiger charge is -2.44. The van der Waals surface area contributed by atoms with Crippen LogP contribution in [0, 0.1) is 0 Å². The van der Waals surface area contributed by atoms with E-state index in [0.717, 1.165) is 24.3 Å². The number of ether oxygens (including phenoxy) is 4. The fourth-order valence-electron chi connectivity index (χ4n) is 4.64. The number of aromatic hydroxyl groups is 4. The summed E-state index contributed by atoms with van der Waals surface area (Å²) >= 11 is 0. The molecule has 9 atom stereocenters. The zero-order valence-electron chi connectivity index (χ0n) is 21.3. The van der Waals surface area contributed by atoms with Crippen molar-refractivity contribution in [2.24, 2.45) is 0 Å². The summed E-state index contributed by atoms with van der Waals surface area (Å²) in [7, 11) is 0. The van der Waals surface area contributed by atoms with E-state index >= 15 is 0 Å². The van der Waals surface area contributed by atoms with E-state index in [-0.39, 0.29) is 16.9 Å². The van der Waals surface area contributed by atoms with Crippen molar-refractivity contribution in [2.75, 3.05) is 6.61 Å². The van der Waals surface area contributed by atoms with E-state index in [1.807, 2.05) is 0 Å². The average Bonchev–Trinajstić information content (AvgIpc) is 2.92. The SMILES string of the molecule is CC1OC(Oc2c(-c3ccc(O)c(O)c3)oc3cc(O)cc(O)c3c2=O)C(OC2OCC(O)C(O)C2O)C(O)C1O. The van der Waals surface area contributed by atoms with E-state index in [9.17, 15) is 50.8 Å². The van der Waals surface area contributed by atoms with Crippen LogP contribution >= 0.6 is 0 Å². The van der Waals surface area contributed by atoms with Gasteiger partial charge in [0.15, 0.2) is 29.7 Å². The second kappa shape index (κ2) is 11.0. The van der Waals surface area contributed by atoms with Crippen LogP contribution in [0.3, 0.4) is 0 Å². The lowest BCUT2D eigenvalue weighted by molar-refractivity contribution is -0.341. The smallest absolute Gasteiger partial charge is 0.239 e. The van der Waals surface area contributed by atoms with Gasteiger partial charge in [-0.1, -0.05) is 0 Å². The van der Waals surface area contributed by atoms with Crippen LogP contribution in [-0.2, 0) is 14.2 Å². The van der Waals surface area contributed by atoms with E-state index in [0.29, 0.717) is 0 Å². The normalized spacial score (nSPS) is 32.2. The Morgan fingerprint density at radius 3 is 2.27 bits per heavy atom. The van der Waals surface area contributed by atoms with Crippen molar-refractivity contribution in [3.05, 3.63) is 40.6 Å². The summed E-state index contributed by atoms with van der Waals surface area (Å²) in [6.07, 6.45) is -14.3. The van der Waals surface area contributed by atoms with Gasteiger partial charge in [-0.3, -0.25) is 4.79 Å². The summed E-state index contributed by atoms with van der Waals surface area (Å²) in [6.45, 7) is 0.953. The largest absolute Gasteiger partial charge is 0.508 e. The Hall–Kier alpha value is -3.67. The number of aliphatic hydroxyl groups is 5. The lowest BCUT2D eigenvalue weighted by atomic mass is 9.99. The standard InChI is InChI=1S/C26H28O15/c1-8-17(32)20(35)24(41-25-21(36)18(33)14(31)7-37-25)26(38-8)40-23-19(34)16-13(30)5-10(27)6-15(16)39-22(23)9-2-3-11(28)12(29)4-9/h2-6,8,14,17-18,20-21,24-33,35-36H,7H2,1H3. The molecule has 0 aliphatic carbocycles. The van der Waals surface area contributed by atoms with Gasteiger partial charge in [-0.15, -0.1) is 0 Å². The third-order valence-corrected chi connectivity index (χ3v) is 6.92. The molecule has 3 heterocycles. The van der Waals surface area contributed by atoms with E-state index in [1.54, 1.807) is 0 Å². The van der Waals surface area contributed by atoms with Crippen LogP contribution in [-0.4, -0.2) is 108 Å². The number of phenolic OH excluding ortho intramolecular Hbond substituents is 4. The topological polar surface area (TPSA) is 249 Å². The number of aliphatic hydroxyl groups excluding tert-OH is 5. The van der Waals surface area contributed by atoms with Crippen molar-refractivity contribution in [3.63, 3.8) is 0 Å². The minimum absolute atomic E-state index is 0.00203. The van der Waals surface area contributed by atoms with Gasteiger partial charge in [0.1, 0.15) is 53.0 Å². The molecule has 0 amide bonds. The number of benzene rings is 2. The zero-order chi connectivity index (χ0) is 29.7. The fourth-order valence-corrected chi connectivity index (χ4v) is 4.64. The molecule has 0 saturated carbocycles. The molecule has 1 aromatic heterocycles. The van der Waals surface area contributed by atoms with Crippen molar-refractivity contribution in [1.29, 1.82) is 0 Å². The van der Waals surface area contributed by atoms with Crippen molar-refractivity contribution >= 4 is 11.0 Å². The molecule has 3 aromatic rings. The minimum atomic E-state index is -1.78. The molecule has 2 aromatic carbocycles. The second-order valence-corrected chi connectivity index (χ2v) is 9.79. The van der Waals surface area contributed by atoms with Gasteiger partial charge in [-0.05, 0) is 25.1 Å². The van der Waals surface area contributed by atoms with Crippen molar-refractivity contribution in [1.82, 2.24) is 0 Å². The molecular weight excluding hydrogens is 552 g/mol. The Labute approximate surface area is 230 Å². The van der Waals surface area contributed by atoms with Crippen LogP contribution in [0.1, 0.15) is 6.92 Å². The summed E-state index contributed by atoms with van der Waals surface area (Å²) in [4.78, 5) is 13.7. The molecule has 41 heavy (non-hydrogen) atoms. The minimum Gasteiger partial charge on any atom is -0.508 e. The van der Waals surface area contributed by atoms with Crippen molar-refractivity contribution < 1.29 is 69.3 Å². The fraction of sp³-hybridized carbons (Fsp3) is 0.423. The van der Waals surface area contributed by atoms with Crippen LogP contribution in [0.5, 0.6) is 28.7 Å². The summed E-state index contributed by atoms with van der Waals surface area (Å²) in [5.41, 5.74) is -1.24. The van der Waals surface area contributed by atoms with Crippen LogP contribution in [0.2, 0.25) is 0 Å². The van der Waals surface area contributed by atoms with E-state index in [1.165, 1.54) is 13.0 Å². The molecule has 9 N–H and O–H groups in total. The number of phenols is 4. The monoisotopic (exact) mass is 580 g/mol. The first-order valence-electron chi connectivity index (χ1n) is 12.4. The lowest BCUT2D eigenvalue weighted by Crippen LogP contribution is -2.62. The molecule has 0 bridgehead atoms. The molecule has 222 valence electrons. The predicted octanol–water partition coefficient (Wildman–Crippen LogP) is -1.05. The molecule has 9 unspecified atom stereocenters. The molecule has 15 nitrogen and oxygen atoms in total. The van der Waals surface area contributed by atoms with Crippen molar-refractivity contribution in [2.45, 2.75) is 62.2 Å². The van der Waals surface area contributed by atoms with Gasteiger partial charge in [0.2, 0.25) is 17.5 Å². The van der Waals surface area contributed by atoms with Crippen LogP contribution in [0.25, 0.3) is 22.3 Å². The Balaban J connectivity index is 1.61. The van der Waals surface area contributed by atoms with Gasteiger partial charge in [-0.2, -0.15) is 0 Å². The van der Waals surface area contributed by atoms with Gasteiger partial charge in [0, 0.05) is 17.7 Å². The van der Waals surface area contributed by atoms with Crippen LogP contribution in [0.15, 0.2) is 39.5 Å². The molecule has 5 rings (SSSR count). The summed E-state index contributed by atoms with van der Waals surface area (Å²) in [5, 5.41) is 91.1. The first-order valence-corrected chi connectivity index (χ1v) is 12.4. The maximum atomic E-state index is 13.7. The zero-order valence-corrected chi connectivity index (χ0v) is 21.3. The van der Waals surface area contributed by atoms with E-state index < -0.39 is 101 Å². The third-order valence-electron chi connectivity index (χ3n) is 6.92. The second-order valence-electron chi connectivity index (χ2n) is 9.79. The number of hydrogen-bond acceptors (Lipinski definition) is 15. The first kappa shape index (κ1) is 28.8. The maximum absolute atomic E-state index is 13.7. The Bertz CT molecular complexity index is 1490. The van der Waals surface area contributed by atoms with Gasteiger partial charge < -0.3 is 69.3 Å². The molecule has 2 aliphatic rings. The molecule has 15 heteroatoms. The third kappa shape index (κ3) is 5.25. The average molecular weight is 580 g/mol. The Kier molecular flexibility index (Phi) is 7.71. The van der Waals surface area contributed by atoms with E-state index in [4.69, 9.17) is 23.4 Å². The highest BCUT2D eigenvalue weighted by Crippen LogP contribution is 2.39.